The molecule has 2 aliphatic rings. The highest BCUT2D eigenvalue weighted by molar-refractivity contribution is 6.06. The standard InChI is InChI=1S/C21H18F3N3O3/c1-27-17-4-2-3-16(15(17)11-25-20(27)29)26-19(28)9-12-7-8-30-18-10-13(21(22,23)24)5-6-14(12)18/h2-6,9-10H,7-8,11H2,1H3,(H,25,29)(H,26,28). The largest absolute Gasteiger partial charge is 0.493 e. The summed E-state index contributed by atoms with van der Waals surface area (Å²) in [4.78, 5) is 25.9. The maximum atomic E-state index is 12.9. The summed E-state index contributed by atoms with van der Waals surface area (Å²) in [5.74, 6) is -0.303. The number of fused-ring (bicyclic) bond motifs is 2. The van der Waals surface area contributed by atoms with E-state index in [9.17, 15) is 22.8 Å². The van der Waals surface area contributed by atoms with Crippen LogP contribution in [0.15, 0.2) is 42.5 Å². The summed E-state index contributed by atoms with van der Waals surface area (Å²) in [6.07, 6.45) is -2.69. The van der Waals surface area contributed by atoms with E-state index in [0.29, 0.717) is 28.9 Å². The Morgan fingerprint density at radius 2 is 2.07 bits per heavy atom. The molecule has 0 fully saturated rings. The Bertz CT molecular complexity index is 1060. The van der Waals surface area contributed by atoms with Crippen molar-refractivity contribution >= 4 is 28.9 Å². The van der Waals surface area contributed by atoms with Crippen molar-refractivity contribution in [1.29, 1.82) is 0 Å². The van der Waals surface area contributed by atoms with Crippen molar-refractivity contribution in [2.24, 2.45) is 0 Å². The van der Waals surface area contributed by atoms with Crippen molar-refractivity contribution in [2.45, 2.75) is 19.1 Å². The van der Waals surface area contributed by atoms with Crippen LogP contribution in [0.4, 0.5) is 29.3 Å². The lowest BCUT2D eigenvalue weighted by molar-refractivity contribution is -0.137. The topological polar surface area (TPSA) is 70.7 Å². The van der Waals surface area contributed by atoms with Crippen LogP contribution in [0, 0.1) is 0 Å². The summed E-state index contributed by atoms with van der Waals surface area (Å²) in [5.41, 5.74) is 2.29. The number of ether oxygens (including phenoxy) is 1. The van der Waals surface area contributed by atoms with E-state index in [2.05, 4.69) is 10.6 Å². The monoisotopic (exact) mass is 417 g/mol. The predicted octanol–water partition coefficient (Wildman–Crippen LogP) is 4.17. The molecule has 4 rings (SSSR count). The minimum absolute atomic E-state index is 0.108. The minimum atomic E-state index is -4.47. The van der Waals surface area contributed by atoms with Crippen molar-refractivity contribution in [2.75, 3.05) is 23.9 Å². The highest BCUT2D eigenvalue weighted by Crippen LogP contribution is 2.38. The van der Waals surface area contributed by atoms with E-state index >= 15 is 0 Å². The lowest BCUT2D eigenvalue weighted by Crippen LogP contribution is -2.41. The van der Waals surface area contributed by atoms with Gasteiger partial charge in [0.1, 0.15) is 5.75 Å². The number of amides is 3. The maximum absolute atomic E-state index is 12.9. The number of nitrogens with zero attached hydrogens (tertiary/aromatic N) is 1. The van der Waals surface area contributed by atoms with Gasteiger partial charge < -0.3 is 15.4 Å². The van der Waals surface area contributed by atoms with Gasteiger partial charge in [-0.15, -0.1) is 0 Å². The van der Waals surface area contributed by atoms with Crippen molar-refractivity contribution in [3.63, 3.8) is 0 Å². The molecular weight excluding hydrogens is 399 g/mol. The number of hydrogen-bond donors (Lipinski definition) is 2. The first-order chi connectivity index (χ1) is 14.2. The quantitative estimate of drug-likeness (QED) is 0.721. The third-order valence-corrected chi connectivity index (χ3v) is 5.08. The van der Waals surface area contributed by atoms with Gasteiger partial charge in [0.25, 0.3) is 0 Å². The molecule has 0 bridgehead atoms. The summed E-state index contributed by atoms with van der Waals surface area (Å²) >= 11 is 0. The fourth-order valence-corrected chi connectivity index (χ4v) is 3.55. The van der Waals surface area contributed by atoms with Crippen LogP contribution in [0.2, 0.25) is 0 Å². The van der Waals surface area contributed by atoms with Gasteiger partial charge in [-0.2, -0.15) is 13.2 Å². The third-order valence-electron chi connectivity index (χ3n) is 5.08. The van der Waals surface area contributed by atoms with Crippen molar-refractivity contribution in [3.8, 4) is 5.75 Å². The van der Waals surface area contributed by atoms with Crippen LogP contribution in [0.1, 0.15) is 23.1 Å². The van der Waals surface area contributed by atoms with Gasteiger partial charge in [0.2, 0.25) is 5.91 Å². The molecule has 0 radical (unpaired) electrons. The van der Waals surface area contributed by atoms with Crippen molar-refractivity contribution < 1.29 is 27.5 Å². The molecule has 0 aromatic heterocycles. The molecule has 2 heterocycles. The predicted molar refractivity (Wildman–Crippen MR) is 105 cm³/mol. The van der Waals surface area contributed by atoms with Crippen LogP contribution in [0.3, 0.4) is 0 Å². The molecule has 156 valence electrons. The van der Waals surface area contributed by atoms with Gasteiger partial charge in [-0.25, -0.2) is 4.79 Å². The van der Waals surface area contributed by atoms with Crippen LogP contribution in [0.25, 0.3) is 5.57 Å². The van der Waals surface area contributed by atoms with E-state index in [1.807, 2.05) is 0 Å². The van der Waals surface area contributed by atoms with E-state index in [1.165, 1.54) is 17.0 Å². The number of urea groups is 1. The number of carbonyl (C=O) groups excluding carboxylic acids is 2. The fourth-order valence-electron chi connectivity index (χ4n) is 3.55. The molecule has 0 spiro atoms. The minimum Gasteiger partial charge on any atom is -0.493 e. The molecule has 30 heavy (non-hydrogen) atoms. The van der Waals surface area contributed by atoms with E-state index in [1.54, 1.807) is 25.2 Å². The number of hydrogen-bond acceptors (Lipinski definition) is 3. The Balaban J connectivity index is 1.59. The first kappa shape index (κ1) is 19.8. The molecule has 2 aliphatic heterocycles. The number of rotatable bonds is 2. The zero-order valence-corrected chi connectivity index (χ0v) is 16.0. The zero-order valence-electron chi connectivity index (χ0n) is 16.0. The smallest absolute Gasteiger partial charge is 0.416 e. The second-order valence-electron chi connectivity index (χ2n) is 6.99. The summed E-state index contributed by atoms with van der Waals surface area (Å²) < 4.78 is 44.2. The van der Waals surface area contributed by atoms with Crippen molar-refractivity contribution in [3.05, 3.63) is 59.2 Å². The number of nitrogens with one attached hydrogen (secondary N) is 2. The Kier molecular flexibility index (Phi) is 4.89. The molecule has 9 heteroatoms. The SMILES string of the molecule is CN1C(=O)NCc2c(NC(=O)C=C3CCOc4cc(C(F)(F)F)ccc43)cccc21. The summed E-state index contributed by atoms with van der Waals surface area (Å²) in [5, 5.41) is 5.53. The first-order valence-electron chi connectivity index (χ1n) is 9.23. The van der Waals surface area contributed by atoms with Gasteiger partial charge in [-0.3, -0.25) is 9.69 Å². The lowest BCUT2D eigenvalue weighted by Gasteiger charge is -2.28. The maximum Gasteiger partial charge on any atom is 0.416 e. The second-order valence-corrected chi connectivity index (χ2v) is 6.99. The average molecular weight is 417 g/mol. The number of alkyl halides is 3. The van der Waals surface area contributed by atoms with Gasteiger partial charge in [0.05, 0.1) is 17.9 Å². The normalized spacial score (nSPS) is 17.0. The van der Waals surface area contributed by atoms with Crippen LogP contribution in [-0.4, -0.2) is 25.6 Å². The van der Waals surface area contributed by atoms with Crippen LogP contribution >= 0.6 is 0 Å². The Labute approximate surface area is 170 Å². The molecule has 0 aliphatic carbocycles. The van der Waals surface area contributed by atoms with Gasteiger partial charge in [-0.1, -0.05) is 12.1 Å². The number of benzene rings is 2. The van der Waals surface area contributed by atoms with E-state index in [-0.39, 0.29) is 24.9 Å². The summed E-state index contributed by atoms with van der Waals surface area (Å²) in [7, 11) is 1.63. The Morgan fingerprint density at radius 3 is 2.83 bits per heavy atom. The average Bonchev–Trinajstić information content (AvgIpc) is 2.70. The highest BCUT2D eigenvalue weighted by Gasteiger charge is 2.32. The number of anilines is 2. The molecule has 2 aromatic carbocycles. The molecule has 0 saturated carbocycles. The lowest BCUT2D eigenvalue weighted by atomic mass is 9.97. The third kappa shape index (κ3) is 3.70. The van der Waals surface area contributed by atoms with E-state index < -0.39 is 17.6 Å². The van der Waals surface area contributed by atoms with Gasteiger partial charge in [0, 0.05) is 42.9 Å². The molecule has 2 aromatic rings. The van der Waals surface area contributed by atoms with Gasteiger partial charge in [0.15, 0.2) is 0 Å². The van der Waals surface area contributed by atoms with Crippen LogP contribution in [0.5, 0.6) is 5.75 Å². The van der Waals surface area contributed by atoms with Gasteiger partial charge in [-0.05, 0) is 29.8 Å². The zero-order chi connectivity index (χ0) is 21.5. The molecule has 3 amide bonds. The highest BCUT2D eigenvalue weighted by atomic mass is 19.4. The molecular formula is C21H18F3N3O3. The molecule has 6 nitrogen and oxygen atoms in total. The first-order valence-corrected chi connectivity index (χ1v) is 9.23. The van der Waals surface area contributed by atoms with Crippen LogP contribution < -0.4 is 20.3 Å². The number of carbonyl (C=O) groups is 2. The molecule has 2 N–H and O–H groups in total. The molecule has 0 unspecified atom stereocenters. The Morgan fingerprint density at radius 1 is 1.27 bits per heavy atom. The Hall–Kier alpha value is -3.49. The molecule has 0 atom stereocenters. The second kappa shape index (κ2) is 7.40. The summed E-state index contributed by atoms with van der Waals surface area (Å²) in [6.45, 7) is 0.466. The van der Waals surface area contributed by atoms with Crippen LogP contribution in [-0.2, 0) is 17.5 Å². The van der Waals surface area contributed by atoms with E-state index in [4.69, 9.17) is 4.74 Å². The number of halogens is 3. The van der Waals surface area contributed by atoms with Crippen molar-refractivity contribution in [1.82, 2.24) is 5.32 Å². The fraction of sp³-hybridized carbons (Fsp3) is 0.238. The van der Waals surface area contributed by atoms with E-state index in [0.717, 1.165) is 17.7 Å². The molecule has 0 saturated heterocycles. The summed E-state index contributed by atoms with van der Waals surface area (Å²) in [6, 6.07) is 8.27. The van der Waals surface area contributed by atoms with Gasteiger partial charge >= 0.3 is 12.2 Å².